The maximum absolute atomic E-state index is 13.8. The zero-order valence-electron chi connectivity index (χ0n) is 25.6. The SMILES string of the molecule is CC(NC(=O)C1CCCC1)C(=O)C1CCCN1C(=O)NC(C(=O)c1nc2ccccc2s1)c1ccc(CN)cc1.O=C(O)C(F)(F)F. The number of aromatic nitrogens is 1. The average molecular weight is 676 g/mol. The summed E-state index contributed by atoms with van der Waals surface area (Å²) in [7, 11) is 0. The number of carboxylic acids is 1. The molecule has 1 saturated heterocycles. The number of benzene rings is 2. The predicted octanol–water partition coefficient (Wildman–Crippen LogP) is 4.75. The molecule has 3 unspecified atom stereocenters. The number of nitrogens with zero attached hydrogens (tertiary/aromatic N) is 2. The van der Waals surface area contributed by atoms with Crippen LogP contribution in [0.4, 0.5) is 18.0 Å². The molecular formula is C32H36F3N5O6S. The number of nitrogens with one attached hydrogen (secondary N) is 2. The van der Waals surface area contributed by atoms with Crippen molar-refractivity contribution >= 4 is 51.0 Å². The number of hydrogen-bond acceptors (Lipinski definition) is 8. The van der Waals surface area contributed by atoms with Gasteiger partial charge in [0.15, 0.2) is 10.8 Å². The molecule has 3 aromatic rings. The summed E-state index contributed by atoms with van der Waals surface area (Å²) >= 11 is 1.28. The van der Waals surface area contributed by atoms with Gasteiger partial charge in [0.25, 0.3) is 0 Å². The van der Waals surface area contributed by atoms with E-state index >= 15 is 0 Å². The summed E-state index contributed by atoms with van der Waals surface area (Å²) in [6.45, 7) is 2.43. The Morgan fingerprint density at radius 3 is 2.23 bits per heavy atom. The zero-order chi connectivity index (χ0) is 34.3. The van der Waals surface area contributed by atoms with E-state index in [1.807, 2.05) is 36.4 Å². The van der Waals surface area contributed by atoms with Gasteiger partial charge in [0, 0.05) is 19.0 Å². The highest BCUT2D eigenvalue weighted by atomic mass is 32.1. The maximum atomic E-state index is 13.8. The second-order valence-corrected chi connectivity index (χ2v) is 12.5. The normalized spacial score (nSPS) is 17.8. The van der Waals surface area contributed by atoms with Gasteiger partial charge in [-0.2, -0.15) is 13.2 Å². The van der Waals surface area contributed by atoms with Crippen LogP contribution in [0, 0.1) is 5.92 Å². The molecule has 1 aliphatic heterocycles. The molecule has 47 heavy (non-hydrogen) atoms. The van der Waals surface area contributed by atoms with E-state index in [0.29, 0.717) is 36.5 Å². The van der Waals surface area contributed by atoms with Crippen LogP contribution in [-0.2, 0) is 20.9 Å². The van der Waals surface area contributed by atoms with Crippen LogP contribution in [0.25, 0.3) is 10.2 Å². The molecule has 2 heterocycles. The van der Waals surface area contributed by atoms with Crippen molar-refractivity contribution in [2.24, 2.45) is 11.7 Å². The topological polar surface area (TPSA) is 172 Å². The van der Waals surface area contributed by atoms with E-state index in [1.165, 1.54) is 16.2 Å². The second-order valence-electron chi connectivity index (χ2n) is 11.4. The minimum absolute atomic E-state index is 0.0434. The van der Waals surface area contributed by atoms with Crippen molar-refractivity contribution in [1.82, 2.24) is 20.5 Å². The molecule has 5 N–H and O–H groups in total. The summed E-state index contributed by atoms with van der Waals surface area (Å²) < 4.78 is 32.6. The second kappa shape index (κ2) is 15.5. The van der Waals surface area contributed by atoms with E-state index < -0.39 is 36.3 Å². The number of carboxylic acid groups (broad SMARTS) is 1. The molecule has 2 fully saturated rings. The van der Waals surface area contributed by atoms with Gasteiger partial charge >= 0.3 is 18.2 Å². The lowest BCUT2D eigenvalue weighted by Gasteiger charge is -2.28. The third-order valence-electron chi connectivity index (χ3n) is 8.18. The van der Waals surface area contributed by atoms with Gasteiger partial charge in [0.05, 0.1) is 22.3 Å². The Hall–Kier alpha value is -4.37. The van der Waals surface area contributed by atoms with Gasteiger partial charge in [-0.05, 0) is 55.9 Å². The smallest absolute Gasteiger partial charge is 0.475 e. The number of carbonyl (C=O) groups is 5. The lowest BCUT2D eigenvalue weighted by Crippen LogP contribution is -2.53. The molecule has 0 radical (unpaired) electrons. The van der Waals surface area contributed by atoms with Crippen LogP contribution in [0.2, 0.25) is 0 Å². The molecule has 3 amide bonds. The number of urea groups is 1. The molecule has 0 spiro atoms. The minimum Gasteiger partial charge on any atom is -0.475 e. The van der Waals surface area contributed by atoms with Crippen molar-refractivity contribution in [3.05, 3.63) is 64.7 Å². The number of ketones is 2. The molecular weight excluding hydrogens is 639 g/mol. The number of thiazole rings is 1. The van der Waals surface area contributed by atoms with E-state index in [0.717, 1.165) is 41.5 Å². The monoisotopic (exact) mass is 675 g/mol. The highest BCUT2D eigenvalue weighted by Crippen LogP contribution is 2.28. The number of nitrogens with two attached hydrogens (primary N) is 1. The maximum Gasteiger partial charge on any atom is 0.490 e. The number of Topliss-reactive ketones (excluding diaryl/α,β-unsaturated/α-hetero) is 2. The van der Waals surface area contributed by atoms with Crippen LogP contribution >= 0.6 is 11.3 Å². The predicted molar refractivity (Wildman–Crippen MR) is 168 cm³/mol. The number of alkyl halides is 3. The van der Waals surface area contributed by atoms with Gasteiger partial charge in [-0.1, -0.05) is 49.2 Å². The summed E-state index contributed by atoms with van der Waals surface area (Å²) in [5, 5.41) is 13.2. The van der Waals surface area contributed by atoms with Crippen LogP contribution in [0.3, 0.4) is 0 Å². The van der Waals surface area contributed by atoms with Crippen LogP contribution in [0.15, 0.2) is 48.5 Å². The number of carbonyl (C=O) groups excluding carboxylic acids is 4. The van der Waals surface area contributed by atoms with Crippen LogP contribution < -0.4 is 16.4 Å². The zero-order valence-corrected chi connectivity index (χ0v) is 26.4. The lowest BCUT2D eigenvalue weighted by molar-refractivity contribution is -0.192. The molecule has 15 heteroatoms. The van der Waals surface area contributed by atoms with Gasteiger partial charge in [-0.15, -0.1) is 11.3 Å². The Balaban J connectivity index is 0.000000644. The Kier molecular flexibility index (Phi) is 11.7. The number of aliphatic carboxylic acids is 1. The van der Waals surface area contributed by atoms with Crippen molar-refractivity contribution in [2.45, 2.75) is 76.3 Å². The number of hydrogen-bond donors (Lipinski definition) is 4. The minimum atomic E-state index is -5.08. The number of rotatable bonds is 9. The number of likely N-dealkylation sites (tertiary alicyclic amines) is 1. The summed E-state index contributed by atoms with van der Waals surface area (Å²) in [6.07, 6.45) is -0.153. The highest BCUT2D eigenvalue weighted by molar-refractivity contribution is 7.20. The molecule has 0 bridgehead atoms. The van der Waals surface area contributed by atoms with Gasteiger partial charge in [-0.25, -0.2) is 14.6 Å². The molecule has 252 valence electrons. The van der Waals surface area contributed by atoms with E-state index in [-0.39, 0.29) is 23.4 Å². The fourth-order valence-corrected chi connectivity index (χ4v) is 6.57. The summed E-state index contributed by atoms with van der Waals surface area (Å²) in [4.78, 5) is 68.3. The molecule has 3 atom stereocenters. The van der Waals surface area contributed by atoms with Crippen molar-refractivity contribution in [3.8, 4) is 0 Å². The molecule has 2 aromatic carbocycles. The van der Waals surface area contributed by atoms with E-state index in [1.54, 1.807) is 19.1 Å². The van der Waals surface area contributed by atoms with Crippen molar-refractivity contribution in [2.75, 3.05) is 6.54 Å². The Morgan fingerprint density at radius 1 is 1.00 bits per heavy atom. The van der Waals surface area contributed by atoms with Crippen molar-refractivity contribution in [1.29, 1.82) is 0 Å². The lowest BCUT2D eigenvalue weighted by atomic mass is 10.0. The molecule has 11 nitrogen and oxygen atoms in total. The molecule has 2 aliphatic rings. The molecule has 1 saturated carbocycles. The summed E-state index contributed by atoms with van der Waals surface area (Å²) in [5.41, 5.74) is 7.99. The number of fused-ring (bicyclic) bond motifs is 1. The Morgan fingerprint density at radius 2 is 1.64 bits per heavy atom. The van der Waals surface area contributed by atoms with Crippen molar-refractivity contribution in [3.63, 3.8) is 0 Å². The Labute approximate surface area is 272 Å². The summed E-state index contributed by atoms with van der Waals surface area (Å²) in [6, 6.07) is 11.9. The fraction of sp³-hybridized carbons (Fsp3) is 0.438. The van der Waals surface area contributed by atoms with Crippen molar-refractivity contribution < 1.29 is 42.3 Å². The molecule has 1 aromatic heterocycles. The first kappa shape index (κ1) is 35.5. The van der Waals surface area contributed by atoms with E-state index in [2.05, 4.69) is 15.6 Å². The first-order valence-corrected chi connectivity index (χ1v) is 16.0. The van der Waals surface area contributed by atoms with Crippen LogP contribution in [0.1, 0.15) is 72.4 Å². The van der Waals surface area contributed by atoms with E-state index in [9.17, 15) is 32.3 Å². The van der Waals surface area contributed by atoms with Gasteiger partial charge in [0.1, 0.15) is 6.04 Å². The molecule has 1 aliphatic carbocycles. The van der Waals surface area contributed by atoms with E-state index in [4.69, 9.17) is 15.6 Å². The molecule has 5 rings (SSSR count). The average Bonchev–Trinajstić information content (AvgIpc) is 3.84. The third-order valence-corrected chi connectivity index (χ3v) is 9.23. The first-order valence-electron chi connectivity index (χ1n) is 15.2. The number of amides is 3. The van der Waals surface area contributed by atoms with Gasteiger partial charge < -0.3 is 26.4 Å². The quantitative estimate of drug-likeness (QED) is 0.235. The highest BCUT2D eigenvalue weighted by Gasteiger charge is 2.39. The fourth-order valence-electron chi connectivity index (χ4n) is 5.64. The number of para-hydroxylation sites is 1. The number of halogens is 3. The Bertz CT molecular complexity index is 1570. The van der Waals surface area contributed by atoms with Gasteiger partial charge in [-0.3, -0.25) is 14.4 Å². The summed E-state index contributed by atoms with van der Waals surface area (Å²) in [5.74, 6) is -3.41. The van der Waals surface area contributed by atoms with Crippen LogP contribution in [0.5, 0.6) is 0 Å². The van der Waals surface area contributed by atoms with Gasteiger partial charge in [0.2, 0.25) is 11.7 Å². The third kappa shape index (κ3) is 8.92. The standard InChI is InChI=1S/C30H35N5O4S.C2HF3O2/c1-18(32-28(38)21-7-2-3-8-21)26(36)23-10-6-16-35(23)30(39)34-25(20-14-12-19(17-31)13-15-20)27(37)29-33-22-9-4-5-11-24(22)40-29;3-2(4,5)1(6)7/h4-5,9,11-15,18,21,23,25H,2-3,6-8,10,16-17,31H2,1H3,(H,32,38)(H,34,39);(H,6,7). The van der Waals surface area contributed by atoms with Crippen LogP contribution in [-0.4, -0.2) is 69.3 Å². The first-order chi connectivity index (χ1) is 22.3. The largest absolute Gasteiger partial charge is 0.490 e.